The second kappa shape index (κ2) is 6.56. The Morgan fingerprint density at radius 2 is 1.79 bits per heavy atom. The van der Waals surface area contributed by atoms with Gasteiger partial charge >= 0.3 is 0 Å². The maximum Gasteiger partial charge on any atom is 0.212 e. The number of nitrogens with zero attached hydrogens (tertiary/aromatic N) is 1. The largest absolute Gasteiger partial charge is 0.212 e. The van der Waals surface area contributed by atoms with Gasteiger partial charge in [-0.05, 0) is 47.7 Å². The molecule has 0 radical (unpaired) electrons. The van der Waals surface area contributed by atoms with Gasteiger partial charge in [-0.25, -0.2) is 8.96 Å². The van der Waals surface area contributed by atoms with Crippen molar-refractivity contribution in [1.82, 2.24) is 0 Å². The zero-order chi connectivity index (χ0) is 20.7. The third-order valence-corrected chi connectivity index (χ3v) is 4.25. The van der Waals surface area contributed by atoms with Crippen LogP contribution in [-0.2, 0) is 7.05 Å². The van der Waals surface area contributed by atoms with Gasteiger partial charge in [0.15, 0.2) is 6.20 Å². The maximum absolute atomic E-state index is 13.4. The van der Waals surface area contributed by atoms with E-state index in [0.29, 0.717) is 16.7 Å². The third kappa shape index (κ3) is 3.09. The number of rotatable bonds is 3. The summed E-state index contributed by atoms with van der Waals surface area (Å²) in [6, 6.07) is 15.5. The normalized spacial score (nSPS) is 16.5. The molecule has 3 rings (SSSR count). The maximum atomic E-state index is 13.4. The molecule has 1 unspecified atom stereocenters. The molecular formula is C22H23FN+. The van der Waals surface area contributed by atoms with Crippen LogP contribution in [-0.4, -0.2) is 0 Å². The summed E-state index contributed by atoms with van der Waals surface area (Å²) in [5.41, 5.74) is 4.51. The Bertz CT molecular complexity index is 1010. The third-order valence-electron chi connectivity index (χ3n) is 4.25. The summed E-state index contributed by atoms with van der Waals surface area (Å²) in [7, 11) is 1.88. The zero-order valence-corrected chi connectivity index (χ0v) is 14.1. The van der Waals surface area contributed by atoms with E-state index in [4.69, 9.17) is 5.48 Å². The molecule has 1 nitrogen and oxygen atoms in total. The van der Waals surface area contributed by atoms with Crippen molar-refractivity contribution < 1.29 is 14.4 Å². The van der Waals surface area contributed by atoms with Gasteiger partial charge < -0.3 is 0 Å². The Kier molecular flexibility index (Phi) is 3.27. The fourth-order valence-corrected chi connectivity index (χ4v) is 2.95. The number of pyridine rings is 1. The quantitative estimate of drug-likeness (QED) is 0.567. The van der Waals surface area contributed by atoms with Crippen LogP contribution >= 0.6 is 0 Å². The van der Waals surface area contributed by atoms with E-state index in [2.05, 4.69) is 0 Å². The summed E-state index contributed by atoms with van der Waals surface area (Å²) in [6.45, 7) is 0.876. The number of halogens is 1. The van der Waals surface area contributed by atoms with Gasteiger partial charge in [-0.15, -0.1) is 0 Å². The predicted octanol–water partition coefficient (Wildman–Crippen LogP) is 5.42. The first kappa shape index (κ1) is 12.0. The number of aryl methyl sites for hydroxylation is 2. The van der Waals surface area contributed by atoms with Crippen LogP contribution in [0.4, 0.5) is 4.39 Å². The van der Waals surface area contributed by atoms with Crippen LogP contribution in [0.3, 0.4) is 0 Å². The lowest BCUT2D eigenvalue weighted by atomic mass is 9.91. The van der Waals surface area contributed by atoms with Gasteiger partial charge in [0.2, 0.25) is 5.69 Å². The van der Waals surface area contributed by atoms with Gasteiger partial charge in [-0.2, -0.15) is 0 Å². The molecule has 0 N–H and O–H groups in total. The summed E-state index contributed by atoms with van der Waals surface area (Å²) in [5, 5.41) is 0. The van der Waals surface area contributed by atoms with Crippen LogP contribution in [0.2, 0.25) is 0 Å². The lowest BCUT2D eigenvalue weighted by molar-refractivity contribution is -0.660. The molecule has 0 saturated carbocycles. The number of hydrogen-bond acceptors (Lipinski definition) is 0. The minimum Gasteiger partial charge on any atom is -0.207 e. The molecule has 0 aliphatic heterocycles. The molecular weight excluding hydrogens is 297 g/mol. The van der Waals surface area contributed by atoms with Crippen LogP contribution in [0.15, 0.2) is 60.8 Å². The summed E-state index contributed by atoms with van der Waals surface area (Å²) in [4.78, 5) is 0. The van der Waals surface area contributed by atoms with E-state index in [9.17, 15) is 4.39 Å². The predicted molar refractivity (Wildman–Crippen MR) is 97.3 cm³/mol. The second-order valence-corrected chi connectivity index (χ2v) is 6.04. The first-order valence-electron chi connectivity index (χ1n) is 9.88. The lowest BCUT2D eigenvalue weighted by Crippen LogP contribution is -2.31. The van der Waals surface area contributed by atoms with Crippen molar-refractivity contribution in [1.29, 1.82) is 0 Å². The average Bonchev–Trinajstić information content (AvgIpc) is 2.62. The minimum atomic E-state index is -2.52. The van der Waals surface area contributed by atoms with Crippen LogP contribution in [0.1, 0.15) is 36.3 Å². The molecule has 1 heterocycles. The fourth-order valence-electron chi connectivity index (χ4n) is 2.95. The lowest BCUT2D eigenvalue weighted by Gasteiger charge is -2.14. The first-order chi connectivity index (χ1) is 13.0. The van der Waals surface area contributed by atoms with Crippen molar-refractivity contribution in [2.45, 2.75) is 26.6 Å². The summed E-state index contributed by atoms with van der Waals surface area (Å²) >= 11 is 0. The van der Waals surface area contributed by atoms with E-state index in [1.165, 1.54) is 19.1 Å². The molecule has 0 bridgehead atoms. The topological polar surface area (TPSA) is 3.88 Å². The molecule has 1 atom stereocenters. The van der Waals surface area contributed by atoms with Crippen molar-refractivity contribution in [3.63, 3.8) is 0 Å². The van der Waals surface area contributed by atoms with Gasteiger partial charge in [-0.1, -0.05) is 44.1 Å². The van der Waals surface area contributed by atoms with Crippen LogP contribution in [0, 0.1) is 12.7 Å². The van der Waals surface area contributed by atoms with Crippen molar-refractivity contribution in [2.75, 3.05) is 0 Å². The van der Waals surface area contributed by atoms with E-state index in [1.807, 2.05) is 49.0 Å². The van der Waals surface area contributed by atoms with Gasteiger partial charge in [0, 0.05) is 22.7 Å². The first-order valence-corrected chi connectivity index (χ1v) is 7.88. The second-order valence-electron chi connectivity index (χ2n) is 6.04. The van der Waals surface area contributed by atoms with E-state index in [0.717, 1.165) is 16.8 Å². The summed E-state index contributed by atoms with van der Waals surface area (Å²) in [6.07, 6.45) is 1.82. The number of aromatic nitrogens is 1. The van der Waals surface area contributed by atoms with Crippen molar-refractivity contribution >= 4 is 0 Å². The Morgan fingerprint density at radius 1 is 1.08 bits per heavy atom. The summed E-state index contributed by atoms with van der Waals surface area (Å²) in [5.74, 6) is -2.20. The molecule has 122 valence electrons. The molecule has 0 saturated heterocycles. The SMILES string of the molecule is [2H]C([2H])([2H])C([2H])(C)c1cc(-c2ccccc2C)[n+](C)cc1-c1ccc(F)cc1. The minimum absolute atomic E-state index is 0.365. The van der Waals surface area contributed by atoms with E-state index in [-0.39, 0.29) is 5.82 Å². The zero-order valence-electron chi connectivity index (χ0n) is 18.1. The van der Waals surface area contributed by atoms with E-state index < -0.39 is 12.7 Å². The van der Waals surface area contributed by atoms with E-state index in [1.54, 1.807) is 18.2 Å². The molecule has 2 heteroatoms. The smallest absolute Gasteiger partial charge is 0.207 e. The molecule has 3 aromatic rings. The fraction of sp³-hybridized carbons (Fsp3) is 0.227. The number of benzene rings is 2. The highest BCUT2D eigenvalue weighted by Crippen LogP contribution is 2.31. The van der Waals surface area contributed by atoms with Gasteiger partial charge in [0.1, 0.15) is 12.9 Å². The van der Waals surface area contributed by atoms with Gasteiger partial charge in [-0.3, -0.25) is 0 Å². The van der Waals surface area contributed by atoms with Crippen LogP contribution < -0.4 is 4.57 Å². The highest BCUT2D eigenvalue weighted by molar-refractivity contribution is 5.70. The molecule has 0 aliphatic carbocycles. The van der Waals surface area contributed by atoms with Crippen LogP contribution in [0.5, 0.6) is 0 Å². The molecule has 1 aromatic heterocycles. The Hall–Kier alpha value is -2.48. The Labute approximate surface area is 149 Å². The standard InChI is InChI=1S/C22H23FN/c1-15(2)20-13-22(19-8-6-5-7-16(19)3)24(4)14-21(20)17-9-11-18(23)12-10-17/h5-15H,1-4H3/q+1/i1D3,15D. The van der Waals surface area contributed by atoms with Crippen molar-refractivity contribution in [2.24, 2.45) is 7.05 Å². The monoisotopic (exact) mass is 324 g/mol. The molecule has 0 amide bonds. The Balaban J connectivity index is 2.33. The Morgan fingerprint density at radius 3 is 2.46 bits per heavy atom. The van der Waals surface area contributed by atoms with Crippen molar-refractivity contribution in [3.05, 3.63) is 77.7 Å². The highest BCUT2D eigenvalue weighted by Gasteiger charge is 2.19. The molecule has 24 heavy (non-hydrogen) atoms. The molecule has 0 fully saturated rings. The van der Waals surface area contributed by atoms with Crippen LogP contribution in [0.25, 0.3) is 22.4 Å². The van der Waals surface area contributed by atoms with Crippen molar-refractivity contribution in [3.8, 4) is 22.4 Å². The van der Waals surface area contributed by atoms with E-state index >= 15 is 0 Å². The average molecular weight is 324 g/mol. The number of hydrogen-bond donors (Lipinski definition) is 0. The molecule has 2 aromatic carbocycles. The highest BCUT2D eigenvalue weighted by atomic mass is 19.1. The van der Waals surface area contributed by atoms with Gasteiger partial charge in [0.25, 0.3) is 0 Å². The van der Waals surface area contributed by atoms with Gasteiger partial charge in [0.05, 0.1) is 0 Å². The summed E-state index contributed by atoms with van der Waals surface area (Å²) < 4.78 is 47.8. The molecule has 0 spiro atoms. The molecule has 0 aliphatic rings.